The van der Waals surface area contributed by atoms with Crippen LogP contribution in [0.25, 0.3) is 10.9 Å². The first kappa shape index (κ1) is 24.3. The molecule has 3 aromatic rings. The van der Waals surface area contributed by atoms with Crippen molar-refractivity contribution < 1.29 is 22.7 Å². The highest BCUT2D eigenvalue weighted by Gasteiger charge is 2.33. The van der Waals surface area contributed by atoms with Crippen molar-refractivity contribution in [1.29, 1.82) is 0 Å². The molecule has 8 nitrogen and oxygen atoms in total. The molecule has 1 saturated heterocycles. The van der Waals surface area contributed by atoms with Crippen LogP contribution in [0.1, 0.15) is 26.3 Å². The van der Waals surface area contributed by atoms with Crippen LogP contribution in [-0.4, -0.2) is 54.5 Å². The van der Waals surface area contributed by atoms with E-state index >= 15 is 0 Å². The lowest BCUT2D eigenvalue weighted by Crippen LogP contribution is -2.53. The molecule has 1 fully saturated rings. The standard InChI is InChI=1S/C24H26BrN3O5S/c1-16-8-10-17(11-9-16)34(31,32)28-14-19(25)18-6-5-7-20(22(18)28)27-13-12-26(15-21(27)29)23(30)33-24(2,3)4/h5-11,14H,12-13,15H2,1-4H3. The number of aryl methyl sites for hydroxylation is 1. The van der Waals surface area contributed by atoms with Gasteiger partial charge in [0, 0.05) is 29.1 Å². The minimum atomic E-state index is -3.92. The lowest BCUT2D eigenvalue weighted by molar-refractivity contribution is -0.121. The van der Waals surface area contributed by atoms with Crippen molar-refractivity contribution in [2.24, 2.45) is 0 Å². The summed E-state index contributed by atoms with van der Waals surface area (Å²) in [6.45, 7) is 7.52. The van der Waals surface area contributed by atoms with Gasteiger partial charge in [-0.2, -0.15) is 0 Å². The molecule has 1 aliphatic rings. The summed E-state index contributed by atoms with van der Waals surface area (Å²) in [5.74, 6) is -0.318. The quantitative estimate of drug-likeness (QED) is 0.480. The van der Waals surface area contributed by atoms with Gasteiger partial charge in [-0.3, -0.25) is 9.69 Å². The Morgan fingerprint density at radius 2 is 1.74 bits per heavy atom. The van der Waals surface area contributed by atoms with Crippen molar-refractivity contribution in [3.05, 3.63) is 58.7 Å². The van der Waals surface area contributed by atoms with Gasteiger partial charge in [0.15, 0.2) is 0 Å². The van der Waals surface area contributed by atoms with E-state index in [9.17, 15) is 18.0 Å². The van der Waals surface area contributed by atoms with Gasteiger partial charge in [-0.1, -0.05) is 29.8 Å². The number of nitrogens with zero attached hydrogens (tertiary/aromatic N) is 3. The van der Waals surface area contributed by atoms with Gasteiger partial charge in [-0.05, 0) is 61.8 Å². The summed E-state index contributed by atoms with van der Waals surface area (Å²) >= 11 is 3.47. The smallest absolute Gasteiger partial charge is 0.410 e. The van der Waals surface area contributed by atoms with Gasteiger partial charge in [-0.25, -0.2) is 17.2 Å². The molecular formula is C24H26BrN3O5S. The fraction of sp³-hybridized carbons (Fsp3) is 0.333. The Kier molecular flexibility index (Phi) is 6.24. The van der Waals surface area contributed by atoms with E-state index < -0.39 is 21.7 Å². The predicted molar refractivity (Wildman–Crippen MR) is 134 cm³/mol. The molecule has 0 saturated carbocycles. The Labute approximate surface area is 207 Å². The molecule has 0 radical (unpaired) electrons. The summed E-state index contributed by atoms with van der Waals surface area (Å²) in [6.07, 6.45) is 0.955. The maximum Gasteiger partial charge on any atom is 0.410 e. The van der Waals surface area contributed by atoms with Crippen LogP contribution in [0.5, 0.6) is 0 Å². The zero-order valence-electron chi connectivity index (χ0n) is 19.4. The number of ether oxygens (including phenoxy) is 1. The molecule has 0 bridgehead atoms. The molecule has 0 spiro atoms. The first-order valence-electron chi connectivity index (χ1n) is 10.8. The predicted octanol–water partition coefficient (Wildman–Crippen LogP) is 4.53. The molecule has 2 amide bonds. The molecule has 0 atom stereocenters. The Morgan fingerprint density at radius 1 is 1.06 bits per heavy atom. The fourth-order valence-electron chi connectivity index (χ4n) is 3.83. The van der Waals surface area contributed by atoms with Crippen molar-refractivity contribution in [3.63, 3.8) is 0 Å². The highest BCUT2D eigenvalue weighted by atomic mass is 79.9. The number of carbonyl (C=O) groups is 2. The molecule has 180 valence electrons. The second-order valence-electron chi connectivity index (χ2n) is 9.21. The second kappa shape index (κ2) is 8.74. The van der Waals surface area contributed by atoms with Crippen LogP contribution in [0, 0.1) is 6.92 Å². The van der Waals surface area contributed by atoms with Crippen LogP contribution < -0.4 is 4.90 Å². The number of rotatable bonds is 3. The van der Waals surface area contributed by atoms with E-state index in [1.54, 1.807) is 63.2 Å². The summed E-state index contributed by atoms with van der Waals surface area (Å²) in [4.78, 5) is 28.6. The number of benzene rings is 2. The maximum atomic E-state index is 13.5. The van der Waals surface area contributed by atoms with Crippen molar-refractivity contribution in [2.75, 3.05) is 24.5 Å². The zero-order valence-corrected chi connectivity index (χ0v) is 21.8. The number of piperazine rings is 1. The highest BCUT2D eigenvalue weighted by Crippen LogP contribution is 2.36. The number of halogens is 1. The average molecular weight is 548 g/mol. The molecule has 0 aliphatic carbocycles. The third kappa shape index (κ3) is 4.56. The number of aromatic nitrogens is 1. The Balaban J connectivity index is 1.73. The lowest BCUT2D eigenvalue weighted by Gasteiger charge is -2.35. The zero-order chi connectivity index (χ0) is 24.8. The molecule has 4 rings (SSSR count). The van der Waals surface area contributed by atoms with Crippen LogP contribution in [0.4, 0.5) is 10.5 Å². The lowest BCUT2D eigenvalue weighted by atomic mass is 10.2. The molecule has 2 aromatic carbocycles. The van der Waals surface area contributed by atoms with Crippen molar-refractivity contribution in [3.8, 4) is 0 Å². The molecular weight excluding hydrogens is 522 g/mol. The SMILES string of the molecule is Cc1ccc(S(=O)(=O)n2cc(Br)c3cccc(N4CCN(C(=O)OC(C)(C)C)CC4=O)c32)cc1. The van der Waals surface area contributed by atoms with Gasteiger partial charge < -0.3 is 9.64 Å². The first-order chi connectivity index (χ1) is 15.9. The number of fused-ring (bicyclic) bond motifs is 1. The minimum Gasteiger partial charge on any atom is -0.444 e. The van der Waals surface area contributed by atoms with Gasteiger partial charge in [0.25, 0.3) is 10.0 Å². The monoisotopic (exact) mass is 547 g/mol. The summed E-state index contributed by atoms with van der Waals surface area (Å²) in [5.41, 5.74) is 1.15. The minimum absolute atomic E-state index is 0.151. The number of hydrogen-bond acceptors (Lipinski definition) is 5. The van der Waals surface area contributed by atoms with E-state index in [1.807, 2.05) is 6.92 Å². The molecule has 1 aromatic heterocycles. The van der Waals surface area contributed by atoms with Gasteiger partial charge in [-0.15, -0.1) is 0 Å². The Morgan fingerprint density at radius 3 is 2.35 bits per heavy atom. The number of carbonyl (C=O) groups excluding carboxylic acids is 2. The van der Waals surface area contributed by atoms with Gasteiger partial charge >= 0.3 is 6.09 Å². The van der Waals surface area contributed by atoms with Crippen LogP contribution in [0.2, 0.25) is 0 Å². The van der Waals surface area contributed by atoms with Gasteiger partial charge in [0.1, 0.15) is 12.1 Å². The third-order valence-electron chi connectivity index (χ3n) is 5.46. The molecule has 0 N–H and O–H groups in total. The second-order valence-corrected chi connectivity index (χ2v) is 11.9. The summed E-state index contributed by atoms with van der Waals surface area (Å²) in [7, 11) is -3.92. The third-order valence-corrected chi connectivity index (χ3v) is 7.77. The van der Waals surface area contributed by atoms with Crippen LogP contribution in [-0.2, 0) is 19.6 Å². The fourth-order valence-corrected chi connectivity index (χ4v) is 5.88. The first-order valence-corrected chi connectivity index (χ1v) is 13.0. The molecule has 0 unspecified atom stereocenters. The number of hydrogen-bond donors (Lipinski definition) is 0. The van der Waals surface area contributed by atoms with E-state index in [1.165, 1.54) is 20.0 Å². The van der Waals surface area contributed by atoms with Crippen LogP contribution in [0.3, 0.4) is 0 Å². The largest absolute Gasteiger partial charge is 0.444 e. The van der Waals surface area contributed by atoms with Crippen LogP contribution >= 0.6 is 15.9 Å². The van der Waals surface area contributed by atoms with Crippen LogP contribution in [0.15, 0.2) is 58.0 Å². The van der Waals surface area contributed by atoms with E-state index in [-0.39, 0.29) is 30.4 Å². The number of para-hydroxylation sites is 1. The van der Waals surface area contributed by atoms with E-state index in [2.05, 4.69) is 15.9 Å². The van der Waals surface area contributed by atoms with Crippen molar-refractivity contribution >= 4 is 54.5 Å². The summed E-state index contributed by atoms with van der Waals surface area (Å²) in [5, 5.41) is 0.663. The number of amides is 2. The molecule has 34 heavy (non-hydrogen) atoms. The highest BCUT2D eigenvalue weighted by molar-refractivity contribution is 9.10. The molecule has 2 heterocycles. The van der Waals surface area contributed by atoms with E-state index in [0.29, 0.717) is 21.1 Å². The van der Waals surface area contributed by atoms with E-state index in [0.717, 1.165) is 5.56 Å². The summed E-state index contributed by atoms with van der Waals surface area (Å²) in [6, 6.07) is 11.9. The van der Waals surface area contributed by atoms with Gasteiger partial charge in [0.2, 0.25) is 5.91 Å². The van der Waals surface area contributed by atoms with Gasteiger partial charge in [0.05, 0.1) is 16.1 Å². The average Bonchev–Trinajstić information content (AvgIpc) is 3.10. The van der Waals surface area contributed by atoms with E-state index in [4.69, 9.17) is 4.74 Å². The summed E-state index contributed by atoms with van der Waals surface area (Å²) < 4.78 is 34.3. The Hall–Kier alpha value is -2.85. The normalized spacial score (nSPS) is 15.1. The van der Waals surface area contributed by atoms with Crippen molar-refractivity contribution in [2.45, 2.75) is 38.2 Å². The molecule has 10 heteroatoms. The number of anilines is 1. The Bertz CT molecular complexity index is 1370. The molecule has 1 aliphatic heterocycles. The van der Waals surface area contributed by atoms with Crippen molar-refractivity contribution in [1.82, 2.24) is 8.87 Å². The topological polar surface area (TPSA) is 88.9 Å². The maximum absolute atomic E-state index is 13.5.